The molecule has 2 aromatic carbocycles. The number of esters is 1. The van der Waals surface area contributed by atoms with Crippen LogP contribution >= 0.6 is 0 Å². The van der Waals surface area contributed by atoms with Gasteiger partial charge in [0.1, 0.15) is 5.75 Å². The van der Waals surface area contributed by atoms with E-state index in [1.807, 2.05) is 24.3 Å². The quantitative estimate of drug-likeness (QED) is 0.371. The van der Waals surface area contributed by atoms with Crippen LogP contribution in [0.5, 0.6) is 5.75 Å². The Bertz CT molecular complexity index is 753. The van der Waals surface area contributed by atoms with E-state index in [0.29, 0.717) is 11.3 Å². The van der Waals surface area contributed by atoms with Gasteiger partial charge in [0.25, 0.3) is 0 Å². The minimum atomic E-state index is -0.344. The number of aromatic nitrogens is 2. The molecule has 0 aliphatic carbocycles. The monoisotopic (exact) mass is 238 g/mol. The Balaban J connectivity index is 2.20. The molecule has 0 spiro atoms. The van der Waals surface area contributed by atoms with Crippen molar-refractivity contribution in [1.82, 2.24) is 9.97 Å². The fourth-order valence-corrected chi connectivity index (χ4v) is 1.83. The van der Waals surface area contributed by atoms with Crippen molar-refractivity contribution in [3.05, 3.63) is 42.5 Å². The third-order valence-electron chi connectivity index (χ3n) is 2.57. The van der Waals surface area contributed by atoms with Crippen LogP contribution in [0, 0.1) is 0 Å². The molecule has 0 atom stereocenters. The summed E-state index contributed by atoms with van der Waals surface area (Å²) in [5, 5.41) is 0. The van der Waals surface area contributed by atoms with Crippen LogP contribution in [0.4, 0.5) is 0 Å². The van der Waals surface area contributed by atoms with E-state index < -0.39 is 0 Å². The fourth-order valence-electron chi connectivity index (χ4n) is 1.83. The lowest BCUT2D eigenvalue weighted by Gasteiger charge is -2.03. The number of para-hydroxylation sites is 2. The zero-order valence-electron chi connectivity index (χ0n) is 9.75. The van der Waals surface area contributed by atoms with Crippen LogP contribution in [-0.2, 0) is 4.79 Å². The summed E-state index contributed by atoms with van der Waals surface area (Å²) in [5.41, 5.74) is 3.17. The van der Waals surface area contributed by atoms with Gasteiger partial charge in [-0.25, -0.2) is 9.97 Å². The number of fused-ring (bicyclic) bond motifs is 2. The normalized spacial score (nSPS) is 10.7. The molecule has 0 saturated heterocycles. The highest BCUT2D eigenvalue weighted by Gasteiger charge is 2.04. The molecule has 1 heterocycles. The first-order valence-electron chi connectivity index (χ1n) is 5.57. The summed E-state index contributed by atoms with van der Waals surface area (Å²) < 4.78 is 5.03. The summed E-state index contributed by atoms with van der Waals surface area (Å²) in [5.74, 6) is 0.141. The Hall–Kier alpha value is -2.49. The van der Waals surface area contributed by atoms with Crippen molar-refractivity contribution >= 4 is 28.0 Å². The van der Waals surface area contributed by atoms with E-state index in [-0.39, 0.29) is 5.97 Å². The molecule has 3 aromatic rings. The maximum absolute atomic E-state index is 10.9. The second kappa shape index (κ2) is 4.07. The van der Waals surface area contributed by atoms with Gasteiger partial charge in [0, 0.05) is 13.0 Å². The summed E-state index contributed by atoms with van der Waals surface area (Å²) in [7, 11) is 0. The highest BCUT2D eigenvalue weighted by atomic mass is 16.5. The first-order chi connectivity index (χ1) is 8.72. The average molecular weight is 238 g/mol. The smallest absolute Gasteiger partial charge is 0.308 e. The van der Waals surface area contributed by atoms with Gasteiger partial charge in [-0.3, -0.25) is 4.79 Å². The largest absolute Gasteiger partial charge is 0.427 e. The van der Waals surface area contributed by atoms with Gasteiger partial charge in [0.2, 0.25) is 0 Å². The average Bonchev–Trinajstić information content (AvgIpc) is 2.35. The van der Waals surface area contributed by atoms with Gasteiger partial charge < -0.3 is 4.74 Å². The maximum Gasteiger partial charge on any atom is 0.308 e. The van der Waals surface area contributed by atoms with E-state index in [0.717, 1.165) is 16.6 Å². The van der Waals surface area contributed by atoms with Crippen LogP contribution in [0.3, 0.4) is 0 Å². The van der Waals surface area contributed by atoms with Gasteiger partial charge in [-0.1, -0.05) is 12.1 Å². The first-order valence-corrected chi connectivity index (χ1v) is 5.57. The van der Waals surface area contributed by atoms with E-state index in [1.165, 1.54) is 6.92 Å². The number of rotatable bonds is 1. The Morgan fingerprint density at radius 1 is 0.944 bits per heavy atom. The van der Waals surface area contributed by atoms with Crippen molar-refractivity contribution in [3.8, 4) is 5.75 Å². The number of hydrogen-bond donors (Lipinski definition) is 0. The van der Waals surface area contributed by atoms with Crippen molar-refractivity contribution in [3.63, 3.8) is 0 Å². The molecule has 0 bridgehead atoms. The highest BCUT2D eigenvalue weighted by Crippen LogP contribution is 2.20. The molecule has 3 rings (SSSR count). The van der Waals surface area contributed by atoms with Crippen molar-refractivity contribution in [2.45, 2.75) is 6.92 Å². The summed E-state index contributed by atoms with van der Waals surface area (Å²) in [4.78, 5) is 19.9. The Labute approximate surface area is 103 Å². The number of carbonyl (C=O) groups excluding carboxylic acids is 1. The summed E-state index contributed by atoms with van der Waals surface area (Å²) >= 11 is 0. The zero-order chi connectivity index (χ0) is 12.5. The summed E-state index contributed by atoms with van der Waals surface area (Å²) in [6.45, 7) is 1.37. The fraction of sp³-hybridized carbons (Fsp3) is 0.0714. The molecule has 0 aliphatic rings. The van der Waals surface area contributed by atoms with E-state index in [1.54, 1.807) is 18.2 Å². The third kappa shape index (κ3) is 1.88. The number of hydrogen-bond acceptors (Lipinski definition) is 4. The summed E-state index contributed by atoms with van der Waals surface area (Å²) in [6.07, 6.45) is 0. The molecule has 88 valence electrons. The molecular weight excluding hydrogens is 228 g/mol. The van der Waals surface area contributed by atoms with E-state index >= 15 is 0 Å². The number of ether oxygens (including phenoxy) is 1. The lowest BCUT2D eigenvalue weighted by molar-refractivity contribution is -0.131. The van der Waals surface area contributed by atoms with Gasteiger partial charge in [-0.15, -0.1) is 0 Å². The number of carbonyl (C=O) groups is 1. The molecule has 0 aliphatic heterocycles. The SMILES string of the molecule is CC(=O)Oc1ccc2nc3ccccc3nc2c1. The van der Waals surface area contributed by atoms with E-state index in [9.17, 15) is 4.79 Å². The number of nitrogens with zero attached hydrogens (tertiary/aromatic N) is 2. The van der Waals surface area contributed by atoms with Crippen molar-refractivity contribution in [2.75, 3.05) is 0 Å². The minimum absolute atomic E-state index is 0.344. The highest BCUT2D eigenvalue weighted by molar-refractivity contribution is 5.87. The Morgan fingerprint density at radius 2 is 1.56 bits per heavy atom. The zero-order valence-corrected chi connectivity index (χ0v) is 9.75. The first kappa shape index (κ1) is 10.7. The van der Waals surface area contributed by atoms with Crippen LogP contribution in [0.25, 0.3) is 22.1 Å². The van der Waals surface area contributed by atoms with E-state index in [4.69, 9.17) is 4.74 Å². The van der Waals surface area contributed by atoms with Crippen LogP contribution in [-0.4, -0.2) is 15.9 Å². The Morgan fingerprint density at radius 3 is 2.22 bits per heavy atom. The van der Waals surface area contributed by atoms with Crippen LogP contribution < -0.4 is 4.74 Å². The molecular formula is C14H10N2O2. The van der Waals surface area contributed by atoms with Gasteiger partial charge >= 0.3 is 5.97 Å². The van der Waals surface area contributed by atoms with Crippen molar-refractivity contribution in [1.29, 1.82) is 0 Å². The molecule has 0 saturated carbocycles. The minimum Gasteiger partial charge on any atom is -0.427 e. The molecule has 0 unspecified atom stereocenters. The molecule has 0 radical (unpaired) electrons. The number of benzene rings is 2. The van der Waals surface area contributed by atoms with Crippen molar-refractivity contribution in [2.24, 2.45) is 0 Å². The van der Waals surface area contributed by atoms with Crippen LogP contribution in [0.1, 0.15) is 6.92 Å². The second-order valence-corrected chi connectivity index (χ2v) is 3.96. The van der Waals surface area contributed by atoms with Gasteiger partial charge in [0.05, 0.1) is 22.1 Å². The van der Waals surface area contributed by atoms with Gasteiger partial charge in [-0.05, 0) is 24.3 Å². The van der Waals surface area contributed by atoms with Gasteiger partial charge in [-0.2, -0.15) is 0 Å². The summed E-state index contributed by atoms with van der Waals surface area (Å²) in [6, 6.07) is 12.9. The predicted molar refractivity (Wildman–Crippen MR) is 68.4 cm³/mol. The molecule has 0 amide bonds. The van der Waals surface area contributed by atoms with Crippen molar-refractivity contribution < 1.29 is 9.53 Å². The van der Waals surface area contributed by atoms with Gasteiger partial charge in [0.15, 0.2) is 0 Å². The lowest BCUT2D eigenvalue weighted by atomic mass is 10.2. The second-order valence-electron chi connectivity index (χ2n) is 3.96. The molecule has 0 N–H and O–H groups in total. The molecule has 18 heavy (non-hydrogen) atoms. The Kier molecular flexibility index (Phi) is 2.41. The van der Waals surface area contributed by atoms with E-state index in [2.05, 4.69) is 9.97 Å². The third-order valence-corrected chi connectivity index (χ3v) is 2.57. The molecule has 4 nitrogen and oxygen atoms in total. The van der Waals surface area contributed by atoms with Crippen LogP contribution in [0.15, 0.2) is 42.5 Å². The topological polar surface area (TPSA) is 52.1 Å². The lowest BCUT2D eigenvalue weighted by Crippen LogP contribution is -2.01. The van der Waals surface area contributed by atoms with Crippen LogP contribution in [0.2, 0.25) is 0 Å². The standard InChI is InChI=1S/C14H10N2O2/c1-9(17)18-10-6-7-13-14(8-10)16-12-5-3-2-4-11(12)15-13/h2-8H,1H3. The maximum atomic E-state index is 10.9. The molecule has 4 heteroatoms. The molecule has 1 aromatic heterocycles. The molecule has 0 fully saturated rings. The predicted octanol–water partition coefficient (Wildman–Crippen LogP) is 2.71.